The highest BCUT2D eigenvalue weighted by Gasteiger charge is 2.18. The summed E-state index contributed by atoms with van der Waals surface area (Å²) in [4.78, 5) is 11.7. The minimum Gasteiger partial charge on any atom is -0.346 e. The van der Waals surface area contributed by atoms with Crippen molar-refractivity contribution in [3.8, 4) is 0 Å². The van der Waals surface area contributed by atoms with Crippen molar-refractivity contribution in [1.29, 1.82) is 0 Å². The molecule has 0 aliphatic carbocycles. The molecule has 86 valence electrons. The van der Waals surface area contributed by atoms with E-state index < -0.39 is 0 Å². The quantitative estimate of drug-likeness (QED) is 0.734. The van der Waals surface area contributed by atoms with E-state index in [0.717, 1.165) is 11.1 Å². The zero-order valence-corrected chi connectivity index (χ0v) is 9.60. The molecular weight excluding hydrogens is 204 g/mol. The van der Waals surface area contributed by atoms with Crippen molar-refractivity contribution in [2.24, 2.45) is 5.92 Å². The maximum absolute atomic E-state index is 11.7. The molecule has 0 radical (unpaired) electrons. The Labute approximate surface area is 95.4 Å². The minimum absolute atomic E-state index is 0.0323. The average molecular weight is 220 g/mol. The van der Waals surface area contributed by atoms with Crippen LogP contribution in [0.15, 0.2) is 24.3 Å². The molecule has 1 heterocycles. The molecular formula is C13H16O3. The van der Waals surface area contributed by atoms with E-state index in [1.54, 1.807) is 0 Å². The van der Waals surface area contributed by atoms with Crippen LogP contribution < -0.4 is 0 Å². The van der Waals surface area contributed by atoms with Gasteiger partial charge in [-0.3, -0.25) is 4.79 Å². The van der Waals surface area contributed by atoms with E-state index in [-0.39, 0.29) is 18.0 Å². The van der Waals surface area contributed by atoms with Crippen molar-refractivity contribution in [2.75, 3.05) is 13.2 Å². The van der Waals surface area contributed by atoms with E-state index >= 15 is 0 Å². The number of ether oxygens (including phenoxy) is 2. The normalized spacial score (nSPS) is 16.9. The molecule has 2 rings (SSSR count). The molecule has 1 saturated heterocycles. The van der Waals surface area contributed by atoms with Gasteiger partial charge in [0, 0.05) is 17.0 Å². The predicted molar refractivity (Wildman–Crippen MR) is 60.3 cm³/mol. The first-order valence-electron chi connectivity index (χ1n) is 5.56. The van der Waals surface area contributed by atoms with Crippen LogP contribution in [0.4, 0.5) is 0 Å². The molecule has 0 saturated carbocycles. The van der Waals surface area contributed by atoms with Crippen LogP contribution in [0.2, 0.25) is 0 Å². The van der Waals surface area contributed by atoms with Crippen LogP contribution in [0.5, 0.6) is 0 Å². The Balaban J connectivity index is 2.12. The zero-order valence-electron chi connectivity index (χ0n) is 9.60. The van der Waals surface area contributed by atoms with E-state index in [2.05, 4.69) is 0 Å². The monoisotopic (exact) mass is 220 g/mol. The van der Waals surface area contributed by atoms with Crippen LogP contribution in [0.25, 0.3) is 0 Å². The van der Waals surface area contributed by atoms with Gasteiger partial charge in [0.1, 0.15) is 0 Å². The van der Waals surface area contributed by atoms with E-state index in [9.17, 15) is 4.79 Å². The Morgan fingerprint density at radius 3 is 2.25 bits per heavy atom. The fourth-order valence-corrected chi connectivity index (χ4v) is 1.69. The van der Waals surface area contributed by atoms with Gasteiger partial charge in [-0.15, -0.1) is 0 Å². The van der Waals surface area contributed by atoms with Crippen LogP contribution in [-0.2, 0) is 9.47 Å². The molecule has 1 aliphatic rings. The van der Waals surface area contributed by atoms with Crippen LogP contribution in [-0.4, -0.2) is 19.0 Å². The van der Waals surface area contributed by atoms with Crippen molar-refractivity contribution in [3.05, 3.63) is 35.4 Å². The molecule has 0 spiro atoms. The first-order chi connectivity index (χ1) is 7.68. The summed E-state index contributed by atoms with van der Waals surface area (Å²) in [5.41, 5.74) is 1.72. The standard InChI is InChI=1S/C13H16O3/c1-9(2)12(14)10-3-5-11(6-4-10)13-15-7-8-16-13/h3-6,9,13H,7-8H2,1-2H3. The molecule has 1 aromatic rings. The molecule has 1 aliphatic heterocycles. The first kappa shape index (κ1) is 11.3. The van der Waals surface area contributed by atoms with Gasteiger partial charge >= 0.3 is 0 Å². The van der Waals surface area contributed by atoms with E-state index in [4.69, 9.17) is 9.47 Å². The highest BCUT2D eigenvalue weighted by molar-refractivity contribution is 5.97. The smallest absolute Gasteiger partial charge is 0.184 e. The second-order valence-corrected chi connectivity index (χ2v) is 4.21. The number of carbonyl (C=O) groups is 1. The van der Waals surface area contributed by atoms with Crippen molar-refractivity contribution in [3.63, 3.8) is 0 Å². The molecule has 0 bridgehead atoms. The third kappa shape index (κ3) is 2.31. The molecule has 16 heavy (non-hydrogen) atoms. The van der Waals surface area contributed by atoms with E-state index in [1.165, 1.54) is 0 Å². The Kier molecular flexibility index (Phi) is 3.36. The number of rotatable bonds is 3. The molecule has 0 atom stereocenters. The molecule has 0 amide bonds. The largest absolute Gasteiger partial charge is 0.346 e. The lowest BCUT2D eigenvalue weighted by atomic mass is 10.00. The number of carbonyl (C=O) groups excluding carboxylic acids is 1. The lowest BCUT2D eigenvalue weighted by Gasteiger charge is -2.10. The van der Waals surface area contributed by atoms with Gasteiger partial charge in [-0.05, 0) is 0 Å². The summed E-state index contributed by atoms with van der Waals surface area (Å²) >= 11 is 0. The molecule has 3 nitrogen and oxygen atoms in total. The highest BCUT2D eigenvalue weighted by Crippen LogP contribution is 2.23. The fraction of sp³-hybridized carbons (Fsp3) is 0.462. The summed E-state index contributed by atoms with van der Waals surface area (Å²) in [6.45, 7) is 5.08. The highest BCUT2D eigenvalue weighted by atomic mass is 16.7. The van der Waals surface area contributed by atoms with E-state index in [0.29, 0.717) is 13.2 Å². The van der Waals surface area contributed by atoms with Crippen LogP contribution in [0, 0.1) is 5.92 Å². The summed E-state index contributed by atoms with van der Waals surface area (Å²) in [6, 6.07) is 7.46. The van der Waals surface area contributed by atoms with Gasteiger partial charge in [-0.1, -0.05) is 38.1 Å². The Bertz CT molecular complexity index is 361. The molecule has 0 unspecified atom stereocenters. The zero-order chi connectivity index (χ0) is 11.5. The lowest BCUT2D eigenvalue weighted by molar-refractivity contribution is -0.0441. The van der Waals surface area contributed by atoms with Crippen LogP contribution in [0.1, 0.15) is 36.1 Å². The van der Waals surface area contributed by atoms with Crippen LogP contribution >= 0.6 is 0 Å². The summed E-state index contributed by atoms with van der Waals surface area (Å²) in [7, 11) is 0. The average Bonchev–Trinajstić information content (AvgIpc) is 2.81. The Morgan fingerprint density at radius 1 is 1.19 bits per heavy atom. The summed E-state index contributed by atoms with van der Waals surface area (Å²) in [6.07, 6.45) is -0.261. The number of benzene rings is 1. The van der Waals surface area contributed by atoms with Gasteiger partial charge in [0.15, 0.2) is 12.1 Å². The van der Waals surface area contributed by atoms with Crippen molar-refractivity contribution in [1.82, 2.24) is 0 Å². The number of ketones is 1. The number of hydrogen-bond acceptors (Lipinski definition) is 3. The van der Waals surface area contributed by atoms with Crippen molar-refractivity contribution in [2.45, 2.75) is 20.1 Å². The topological polar surface area (TPSA) is 35.5 Å². The van der Waals surface area contributed by atoms with Gasteiger partial charge in [0.2, 0.25) is 0 Å². The maximum Gasteiger partial charge on any atom is 0.184 e. The van der Waals surface area contributed by atoms with Crippen LogP contribution in [0.3, 0.4) is 0 Å². The summed E-state index contributed by atoms with van der Waals surface area (Å²) in [5, 5.41) is 0. The number of Topliss-reactive ketones (excluding diaryl/α,β-unsaturated/α-hetero) is 1. The summed E-state index contributed by atoms with van der Waals surface area (Å²) in [5.74, 6) is 0.199. The SMILES string of the molecule is CC(C)C(=O)c1ccc(C2OCCO2)cc1. The molecule has 1 fully saturated rings. The summed E-state index contributed by atoms with van der Waals surface area (Å²) < 4.78 is 10.8. The van der Waals surface area contributed by atoms with Gasteiger partial charge in [-0.2, -0.15) is 0 Å². The second-order valence-electron chi connectivity index (χ2n) is 4.21. The second kappa shape index (κ2) is 4.76. The molecule has 0 N–H and O–H groups in total. The first-order valence-corrected chi connectivity index (χ1v) is 5.56. The third-order valence-corrected chi connectivity index (χ3v) is 2.61. The van der Waals surface area contributed by atoms with Gasteiger partial charge in [0.05, 0.1) is 13.2 Å². The molecule has 1 aromatic carbocycles. The van der Waals surface area contributed by atoms with Crippen molar-refractivity contribution < 1.29 is 14.3 Å². The van der Waals surface area contributed by atoms with Gasteiger partial charge < -0.3 is 9.47 Å². The molecule has 0 aromatic heterocycles. The Hall–Kier alpha value is -1.19. The fourth-order valence-electron chi connectivity index (χ4n) is 1.69. The Morgan fingerprint density at radius 2 is 1.75 bits per heavy atom. The predicted octanol–water partition coefficient (Wildman–Crippen LogP) is 2.57. The van der Waals surface area contributed by atoms with Gasteiger partial charge in [0.25, 0.3) is 0 Å². The lowest BCUT2D eigenvalue weighted by Crippen LogP contribution is -2.07. The maximum atomic E-state index is 11.7. The van der Waals surface area contributed by atoms with Crippen molar-refractivity contribution >= 4 is 5.78 Å². The van der Waals surface area contributed by atoms with E-state index in [1.807, 2.05) is 38.1 Å². The number of hydrogen-bond donors (Lipinski definition) is 0. The molecule has 3 heteroatoms. The van der Waals surface area contributed by atoms with Gasteiger partial charge in [-0.25, -0.2) is 0 Å². The minimum atomic E-state index is -0.261. The third-order valence-electron chi connectivity index (χ3n) is 2.61.